The zero-order valence-corrected chi connectivity index (χ0v) is 13.3. The number of piperidine rings is 1. The molecule has 19 heavy (non-hydrogen) atoms. The van der Waals surface area contributed by atoms with Crippen LogP contribution in [-0.4, -0.2) is 23.3 Å². The van der Waals surface area contributed by atoms with E-state index in [0.29, 0.717) is 12.0 Å². The molecule has 1 saturated heterocycles. The third-order valence-electron chi connectivity index (χ3n) is 5.66. The Morgan fingerprint density at radius 3 is 2.58 bits per heavy atom. The van der Waals surface area contributed by atoms with Crippen LogP contribution in [0.1, 0.15) is 72.6 Å². The summed E-state index contributed by atoms with van der Waals surface area (Å²) in [5.41, 5.74) is -0.277. The molecule has 1 aliphatic carbocycles. The van der Waals surface area contributed by atoms with E-state index in [9.17, 15) is 5.11 Å². The van der Waals surface area contributed by atoms with E-state index in [1.165, 1.54) is 38.5 Å². The molecule has 0 radical (unpaired) electrons. The molecule has 1 heterocycles. The van der Waals surface area contributed by atoms with Gasteiger partial charge in [0.2, 0.25) is 0 Å². The van der Waals surface area contributed by atoms with Crippen LogP contribution in [0.4, 0.5) is 0 Å². The number of hydrogen-bond acceptors (Lipinski definition) is 2. The van der Waals surface area contributed by atoms with Gasteiger partial charge in [-0.15, -0.1) is 0 Å². The Balaban J connectivity index is 2.17. The lowest BCUT2D eigenvalue weighted by atomic mass is 9.60. The van der Waals surface area contributed by atoms with Crippen molar-refractivity contribution in [2.24, 2.45) is 17.3 Å². The summed E-state index contributed by atoms with van der Waals surface area (Å²) >= 11 is 0. The summed E-state index contributed by atoms with van der Waals surface area (Å²) in [5, 5.41) is 15.1. The Bertz CT molecular complexity index is 296. The second-order valence-electron chi connectivity index (χ2n) is 7.96. The Morgan fingerprint density at radius 1 is 1.21 bits per heavy atom. The Labute approximate surface area is 119 Å². The molecule has 2 N–H and O–H groups in total. The maximum Gasteiger partial charge on any atom is 0.0833 e. The lowest BCUT2D eigenvalue weighted by molar-refractivity contribution is -0.121. The number of nitrogens with one attached hydrogen (secondary N) is 1. The second-order valence-corrected chi connectivity index (χ2v) is 7.96. The van der Waals surface area contributed by atoms with E-state index in [1.807, 2.05) is 0 Å². The fourth-order valence-corrected chi connectivity index (χ4v) is 4.53. The molecule has 2 fully saturated rings. The van der Waals surface area contributed by atoms with Crippen molar-refractivity contribution in [3.05, 3.63) is 0 Å². The van der Waals surface area contributed by atoms with Crippen molar-refractivity contribution in [2.75, 3.05) is 6.54 Å². The normalized spacial score (nSPS) is 41.2. The summed E-state index contributed by atoms with van der Waals surface area (Å²) in [6.07, 6.45) is 8.36. The van der Waals surface area contributed by atoms with Gasteiger partial charge >= 0.3 is 0 Å². The van der Waals surface area contributed by atoms with Gasteiger partial charge in [-0.1, -0.05) is 47.0 Å². The van der Waals surface area contributed by atoms with Crippen molar-refractivity contribution in [2.45, 2.75) is 84.3 Å². The maximum absolute atomic E-state index is 11.4. The van der Waals surface area contributed by atoms with Crippen molar-refractivity contribution in [3.8, 4) is 0 Å². The van der Waals surface area contributed by atoms with E-state index in [0.717, 1.165) is 18.9 Å². The SMILES string of the molecule is CCC1CCNC(C2(O)CCCCC2C(C)(C)C)C1. The summed E-state index contributed by atoms with van der Waals surface area (Å²) in [5.74, 6) is 1.24. The molecule has 4 atom stereocenters. The van der Waals surface area contributed by atoms with Gasteiger partial charge in [-0.2, -0.15) is 0 Å². The van der Waals surface area contributed by atoms with Crippen molar-refractivity contribution in [1.82, 2.24) is 5.32 Å². The van der Waals surface area contributed by atoms with Gasteiger partial charge in [-0.05, 0) is 49.5 Å². The van der Waals surface area contributed by atoms with Gasteiger partial charge in [0.15, 0.2) is 0 Å². The van der Waals surface area contributed by atoms with Crippen LogP contribution in [0.25, 0.3) is 0 Å². The van der Waals surface area contributed by atoms with Crippen LogP contribution >= 0.6 is 0 Å². The fourth-order valence-electron chi connectivity index (χ4n) is 4.53. The molecule has 0 aromatic carbocycles. The van der Waals surface area contributed by atoms with Crippen LogP contribution in [-0.2, 0) is 0 Å². The first-order valence-electron chi connectivity index (χ1n) is 8.33. The monoisotopic (exact) mass is 267 g/mol. The number of aliphatic hydroxyl groups is 1. The highest BCUT2D eigenvalue weighted by atomic mass is 16.3. The van der Waals surface area contributed by atoms with Crippen molar-refractivity contribution >= 4 is 0 Å². The highest BCUT2D eigenvalue weighted by Crippen LogP contribution is 2.47. The molecular weight excluding hydrogens is 234 g/mol. The highest BCUT2D eigenvalue weighted by molar-refractivity contribution is 5.04. The topological polar surface area (TPSA) is 32.3 Å². The van der Waals surface area contributed by atoms with Gasteiger partial charge in [0, 0.05) is 6.04 Å². The Hall–Kier alpha value is -0.0800. The molecule has 0 spiro atoms. The third kappa shape index (κ3) is 3.16. The molecule has 0 aromatic heterocycles. The molecule has 2 rings (SSSR count). The van der Waals surface area contributed by atoms with Crippen LogP contribution < -0.4 is 5.32 Å². The predicted octanol–water partition coefficient (Wildman–Crippen LogP) is 3.73. The summed E-state index contributed by atoms with van der Waals surface area (Å²) < 4.78 is 0. The predicted molar refractivity (Wildman–Crippen MR) is 81.2 cm³/mol. The minimum absolute atomic E-state index is 0.204. The smallest absolute Gasteiger partial charge is 0.0833 e. The van der Waals surface area contributed by atoms with Gasteiger partial charge in [0.1, 0.15) is 0 Å². The van der Waals surface area contributed by atoms with Crippen LogP contribution in [0.5, 0.6) is 0 Å². The van der Waals surface area contributed by atoms with Gasteiger partial charge in [-0.25, -0.2) is 0 Å². The molecular formula is C17H33NO. The molecule has 112 valence electrons. The largest absolute Gasteiger partial charge is 0.388 e. The van der Waals surface area contributed by atoms with E-state index >= 15 is 0 Å². The maximum atomic E-state index is 11.4. The van der Waals surface area contributed by atoms with Crippen LogP contribution in [0.3, 0.4) is 0 Å². The van der Waals surface area contributed by atoms with E-state index in [4.69, 9.17) is 0 Å². The summed E-state index contributed by atoms with van der Waals surface area (Å²) in [4.78, 5) is 0. The minimum atomic E-state index is -0.482. The number of rotatable bonds is 2. The standard InChI is InChI=1S/C17H33NO/c1-5-13-9-11-18-15(12-13)17(19)10-7-6-8-14(17)16(2,3)4/h13-15,18-19H,5-12H2,1-4H3. The average molecular weight is 267 g/mol. The molecule has 2 aliphatic rings. The van der Waals surface area contributed by atoms with Crippen LogP contribution in [0.15, 0.2) is 0 Å². The molecule has 0 bridgehead atoms. The fraction of sp³-hybridized carbons (Fsp3) is 1.00. The zero-order chi connectivity index (χ0) is 14.1. The minimum Gasteiger partial charge on any atom is -0.388 e. The molecule has 1 aliphatic heterocycles. The van der Waals surface area contributed by atoms with E-state index < -0.39 is 5.60 Å². The Kier molecular flexibility index (Phi) is 4.62. The van der Waals surface area contributed by atoms with Crippen molar-refractivity contribution in [3.63, 3.8) is 0 Å². The zero-order valence-electron chi connectivity index (χ0n) is 13.3. The first kappa shape index (κ1) is 15.3. The molecule has 2 nitrogen and oxygen atoms in total. The quantitative estimate of drug-likeness (QED) is 0.799. The lowest BCUT2D eigenvalue weighted by Gasteiger charge is -2.52. The van der Waals surface area contributed by atoms with E-state index in [2.05, 4.69) is 33.0 Å². The Morgan fingerprint density at radius 2 is 1.95 bits per heavy atom. The van der Waals surface area contributed by atoms with Gasteiger partial charge in [0.05, 0.1) is 5.60 Å². The highest BCUT2D eigenvalue weighted by Gasteiger charge is 2.50. The average Bonchev–Trinajstić information content (AvgIpc) is 2.38. The van der Waals surface area contributed by atoms with Crippen molar-refractivity contribution in [1.29, 1.82) is 0 Å². The van der Waals surface area contributed by atoms with Crippen molar-refractivity contribution < 1.29 is 5.11 Å². The molecule has 0 aromatic rings. The summed E-state index contributed by atoms with van der Waals surface area (Å²) in [7, 11) is 0. The first-order chi connectivity index (χ1) is 8.88. The van der Waals surface area contributed by atoms with Gasteiger partial charge in [-0.3, -0.25) is 0 Å². The molecule has 0 amide bonds. The van der Waals surface area contributed by atoms with Gasteiger partial charge in [0.25, 0.3) is 0 Å². The molecule has 1 saturated carbocycles. The summed E-state index contributed by atoms with van der Waals surface area (Å²) in [6, 6.07) is 0.315. The van der Waals surface area contributed by atoms with Crippen LogP contribution in [0.2, 0.25) is 0 Å². The lowest BCUT2D eigenvalue weighted by Crippen LogP contribution is -2.61. The number of hydrogen-bond donors (Lipinski definition) is 2. The molecule has 2 heteroatoms. The third-order valence-corrected chi connectivity index (χ3v) is 5.66. The second kappa shape index (κ2) is 5.73. The van der Waals surface area contributed by atoms with E-state index in [-0.39, 0.29) is 5.41 Å². The van der Waals surface area contributed by atoms with E-state index in [1.54, 1.807) is 0 Å². The summed E-state index contributed by atoms with van der Waals surface area (Å²) in [6.45, 7) is 10.3. The molecule has 4 unspecified atom stereocenters. The van der Waals surface area contributed by atoms with Crippen LogP contribution in [0, 0.1) is 17.3 Å². The first-order valence-corrected chi connectivity index (χ1v) is 8.33. The van der Waals surface area contributed by atoms with Gasteiger partial charge < -0.3 is 10.4 Å².